The molecule has 0 aromatic heterocycles. The lowest BCUT2D eigenvalue weighted by atomic mass is 9.52. The zero-order chi connectivity index (χ0) is 15.1. The van der Waals surface area contributed by atoms with Gasteiger partial charge < -0.3 is 14.8 Å². The van der Waals surface area contributed by atoms with E-state index in [-0.39, 0.29) is 5.41 Å². The fourth-order valence-corrected chi connectivity index (χ4v) is 3.69. The minimum atomic E-state index is 0.253. The monoisotopic (exact) mass is 289 g/mol. The van der Waals surface area contributed by atoms with Crippen molar-refractivity contribution in [1.82, 2.24) is 5.32 Å². The Balaban J connectivity index is 1.86. The fourth-order valence-electron chi connectivity index (χ4n) is 3.69. The first kappa shape index (κ1) is 14.7. The lowest BCUT2D eigenvalue weighted by Crippen LogP contribution is -2.51. The van der Waals surface area contributed by atoms with E-state index in [0.717, 1.165) is 24.0 Å². The molecule has 1 fully saturated rings. The van der Waals surface area contributed by atoms with E-state index >= 15 is 0 Å². The van der Waals surface area contributed by atoms with Crippen LogP contribution in [0.15, 0.2) is 18.2 Å². The van der Waals surface area contributed by atoms with Crippen molar-refractivity contribution < 1.29 is 9.47 Å². The third-order valence-electron chi connectivity index (χ3n) is 5.17. The second-order valence-corrected chi connectivity index (χ2v) is 7.64. The van der Waals surface area contributed by atoms with Crippen molar-refractivity contribution in [3.8, 4) is 11.5 Å². The van der Waals surface area contributed by atoms with E-state index in [9.17, 15) is 0 Å². The third-order valence-corrected chi connectivity index (χ3v) is 5.17. The van der Waals surface area contributed by atoms with Gasteiger partial charge in [0.2, 0.25) is 0 Å². The van der Waals surface area contributed by atoms with Crippen molar-refractivity contribution in [2.75, 3.05) is 26.8 Å². The summed E-state index contributed by atoms with van der Waals surface area (Å²) in [5, 5.41) is 3.39. The van der Waals surface area contributed by atoms with Crippen molar-refractivity contribution in [2.45, 2.75) is 39.0 Å². The van der Waals surface area contributed by atoms with Crippen molar-refractivity contribution in [3.05, 3.63) is 23.8 Å². The Hall–Kier alpha value is -1.22. The van der Waals surface area contributed by atoms with Crippen molar-refractivity contribution in [2.24, 2.45) is 11.3 Å². The maximum atomic E-state index is 5.75. The van der Waals surface area contributed by atoms with E-state index in [0.29, 0.717) is 18.6 Å². The molecule has 0 amide bonds. The molecule has 2 aliphatic rings. The Labute approximate surface area is 128 Å². The summed E-state index contributed by atoms with van der Waals surface area (Å²) < 4.78 is 11.4. The zero-order valence-electron chi connectivity index (χ0n) is 13.7. The van der Waals surface area contributed by atoms with Gasteiger partial charge in [-0.3, -0.25) is 0 Å². The average Bonchev–Trinajstić information content (AvgIpc) is 2.40. The number of hydrogen-bond acceptors (Lipinski definition) is 3. The van der Waals surface area contributed by atoms with Crippen LogP contribution in [0.1, 0.15) is 39.2 Å². The van der Waals surface area contributed by atoms with Gasteiger partial charge in [0.15, 0.2) is 11.5 Å². The van der Waals surface area contributed by atoms with Gasteiger partial charge in [-0.05, 0) is 48.9 Å². The Morgan fingerprint density at radius 2 is 1.81 bits per heavy atom. The quantitative estimate of drug-likeness (QED) is 0.925. The highest BCUT2D eigenvalue weighted by molar-refractivity contribution is 5.47. The molecule has 1 aliphatic heterocycles. The predicted octanol–water partition coefficient (Wildman–Crippen LogP) is 3.37. The minimum absolute atomic E-state index is 0.253. The van der Waals surface area contributed by atoms with Gasteiger partial charge in [0.25, 0.3) is 0 Å². The molecule has 0 saturated heterocycles. The van der Waals surface area contributed by atoms with Crippen LogP contribution in [0.4, 0.5) is 0 Å². The summed E-state index contributed by atoms with van der Waals surface area (Å²) in [4.78, 5) is 0. The Bertz CT molecular complexity index is 512. The Morgan fingerprint density at radius 3 is 2.43 bits per heavy atom. The molecule has 0 unspecified atom stereocenters. The van der Waals surface area contributed by atoms with Crippen LogP contribution in [0.25, 0.3) is 0 Å². The highest BCUT2D eigenvalue weighted by Gasteiger charge is 2.49. The lowest BCUT2D eigenvalue weighted by molar-refractivity contribution is 0.0457. The Kier molecular flexibility index (Phi) is 3.64. The average molecular weight is 289 g/mol. The Morgan fingerprint density at radius 1 is 1.14 bits per heavy atom. The summed E-state index contributed by atoms with van der Waals surface area (Å²) in [6, 6.07) is 6.50. The molecule has 3 heteroatoms. The van der Waals surface area contributed by atoms with Crippen LogP contribution in [-0.2, 0) is 5.41 Å². The second kappa shape index (κ2) is 5.20. The number of ether oxygens (including phenoxy) is 2. The number of nitrogens with one attached hydrogen (secondary N) is 1. The van der Waals surface area contributed by atoms with Gasteiger partial charge >= 0.3 is 0 Å². The van der Waals surface area contributed by atoms with Crippen LogP contribution in [-0.4, -0.2) is 26.8 Å². The largest absolute Gasteiger partial charge is 0.486 e. The van der Waals surface area contributed by atoms with E-state index in [1.54, 1.807) is 0 Å². The third kappa shape index (κ3) is 2.64. The molecule has 3 rings (SSSR count). The van der Waals surface area contributed by atoms with Crippen molar-refractivity contribution in [1.29, 1.82) is 0 Å². The first-order valence-electron chi connectivity index (χ1n) is 7.99. The molecule has 1 saturated carbocycles. The summed E-state index contributed by atoms with van der Waals surface area (Å²) >= 11 is 0. The van der Waals surface area contributed by atoms with Crippen LogP contribution in [0.5, 0.6) is 11.5 Å². The van der Waals surface area contributed by atoms with Gasteiger partial charge in [0.1, 0.15) is 13.2 Å². The molecule has 1 N–H and O–H groups in total. The van der Waals surface area contributed by atoms with Gasteiger partial charge in [-0.1, -0.05) is 26.8 Å². The molecule has 0 spiro atoms. The van der Waals surface area contributed by atoms with Crippen molar-refractivity contribution in [3.63, 3.8) is 0 Å². The number of likely N-dealkylation sites (N-methyl/N-ethyl adjacent to an activating group) is 1. The molecule has 0 radical (unpaired) electrons. The van der Waals surface area contributed by atoms with Crippen LogP contribution in [0, 0.1) is 11.3 Å². The first-order valence-corrected chi connectivity index (χ1v) is 7.99. The summed E-state index contributed by atoms with van der Waals surface area (Å²) in [5.41, 5.74) is 2.04. The molecule has 0 atom stereocenters. The molecule has 1 heterocycles. The van der Waals surface area contributed by atoms with E-state index in [4.69, 9.17) is 9.47 Å². The highest BCUT2D eigenvalue weighted by atomic mass is 16.6. The van der Waals surface area contributed by atoms with Gasteiger partial charge in [-0.2, -0.15) is 0 Å². The number of hydrogen-bond donors (Lipinski definition) is 1. The van der Waals surface area contributed by atoms with E-state index in [2.05, 4.69) is 44.3 Å². The molecule has 1 aromatic carbocycles. The summed E-state index contributed by atoms with van der Waals surface area (Å²) in [7, 11) is 2.05. The van der Waals surface area contributed by atoms with Gasteiger partial charge in [-0.25, -0.2) is 0 Å². The van der Waals surface area contributed by atoms with Crippen LogP contribution in [0.3, 0.4) is 0 Å². The van der Waals surface area contributed by atoms with E-state index in [1.165, 1.54) is 18.4 Å². The topological polar surface area (TPSA) is 30.5 Å². The minimum Gasteiger partial charge on any atom is -0.486 e. The molecular formula is C18H27NO2. The smallest absolute Gasteiger partial charge is 0.161 e. The first-order chi connectivity index (χ1) is 9.94. The number of benzene rings is 1. The van der Waals surface area contributed by atoms with E-state index in [1.807, 2.05) is 7.05 Å². The summed E-state index contributed by atoms with van der Waals surface area (Å²) in [6.07, 6.45) is 2.49. The maximum absolute atomic E-state index is 5.75. The fraction of sp³-hybridized carbons (Fsp3) is 0.667. The van der Waals surface area contributed by atoms with Crippen LogP contribution >= 0.6 is 0 Å². The molecule has 0 bridgehead atoms. The SMILES string of the molecule is CNCC1(c2ccc3c(c2)OCCO3)CC(C(C)(C)C)C1. The number of rotatable bonds is 3. The number of fused-ring (bicyclic) bond motifs is 1. The standard InChI is InChI=1S/C18H27NO2/c1-17(2,3)14-10-18(11-14,12-19-4)13-5-6-15-16(9-13)21-8-7-20-15/h5-6,9,14,19H,7-8,10-12H2,1-4H3. The zero-order valence-corrected chi connectivity index (χ0v) is 13.7. The summed E-state index contributed by atoms with van der Waals surface area (Å²) in [5.74, 6) is 2.59. The van der Waals surface area contributed by atoms with E-state index < -0.39 is 0 Å². The van der Waals surface area contributed by atoms with Gasteiger partial charge in [-0.15, -0.1) is 0 Å². The van der Waals surface area contributed by atoms with Gasteiger partial charge in [0, 0.05) is 12.0 Å². The lowest BCUT2D eigenvalue weighted by Gasteiger charge is -2.53. The van der Waals surface area contributed by atoms with Crippen molar-refractivity contribution >= 4 is 0 Å². The molecular weight excluding hydrogens is 262 g/mol. The normalized spacial score (nSPS) is 28.1. The second-order valence-electron chi connectivity index (χ2n) is 7.64. The predicted molar refractivity (Wildman–Crippen MR) is 85.2 cm³/mol. The van der Waals surface area contributed by atoms with Crippen LogP contribution in [0.2, 0.25) is 0 Å². The molecule has 116 valence electrons. The summed E-state index contributed by atoms with van der Waals surface area (Å²) in [6.45, 7) is 9.39. The molecule has 1 aromatic rings. The molecule has 1 aliphatic carbocycles. The molecule has 3 nitrogen and oxygen atoms in total. The van der Waals surface area contributed by atoms with Gasteiger partial charge in [0.05, 0.1) is 0 Å². The molecule has 21 heavy (non-hydrogen) atoms. The van der Waals surface area contributed by atoms with Crippen LogP contribution < -0.4 is 14.8 Å². The maximum Gasteiger partial charge on any atom is 0.161 e. The highest BCUT2D eigenvalue weighted by Crippen LogP contribution is 2.54.